The molecule has 0 amide bonds. The van der Waals surface area contributed by atoms with Gasteiger partial charge in [0.2, 0.25) is 0 Å². The fourth-order valence-electron chi connectivity index (χ4n) is 2.08. The first-order valence-electron chi connectivity index (χ1n) is 6.16. The molecule has 1 N–H and O–H groups in total. The van der Waals surface area contributed by atoms with Crippen molar-refractivity contribution in [1.29, 1.82) is 0 Å². The van der Waals surface area contributed by atoms with E-state index in [0.29, 0.717) is 18.8 Å². The van der Waals surface area contributed by atoms with Crippen molar-refractivity contribution in [3.63, 3.8) is 0 Å². The number of nitrogens with one attached hydrogen (secondary N) is 1. The highest BCUT2D eigenvalue weighted by Gasteiger charge is 2.38. The van der Waals surface area contributed by atoms with Gasteiger partial charge in [0, 0.05) is 25.7 Å². The highest BCUT2D eigenvalue weighted by molar-refractivity contribution is 4.97. The molecule has 4 heteroatoms. The summed E-state index contributed by atoms with van der Waals surface area (Å²) in [5.41, 5.74) is 0.409. The standard InChI is InChI=1S/C12H26N2O2/c1-14(2)12(5-4-6-12)11-13-7-8-16-10-9-15-3/h13H,4-11H2,1-3H3. The summed E-state index contributed by atoms with van der Waals surface area (Å²) in [4.78, 5) is 2.36. The summed E-state index contributed by atoms with van der Waals surface area (Å²) in [5.74, 6) is 0. The van der Waals surface area contributed by atoms with E-state index in [-0.39, 0.29) is 0 Å². The Hall–Kier alpha value is -0.160. The van der Waals surface area contributed by atoms with Gasteiger partial charge in [-0.25, -0.2) is 0 Å². The van der Waals surface area contributed by atoms with Crippen LogP contribution in [0.3, 0.4) is 0 Å². The van der Waals surface area contributed by atoms with E-state index in [1.54, 1.807) is 7.11 Å². The van der Waals surface area contributed by atoms with Crippen LogP contribution in [-0.4, -0.2) is 64.6 Å². The van der Waals surface area contributed by atoms with E-state index < -0.39 is 0 Å². The van der Waals surface area contributed by atoms with E-state index in [9.17, 15) is 0 Å². The van der Waals surface area contributed by atoms with Gasteiger partial charge in [-0.15, -0.1) is 0 Å². The highest BCUT2D eigenvalue weighted by atomic mass is 16.5. The van der Waals surface area contributed by atoms with Crippen molar-refractivity contribution in [3.05, 3.63) is 0 Å². The summed E-state index contributed by atoms with van der Waals surface area (Å²) in [6.07, 6.45) is 4.00. The van der Waals surface area contributed by atoms with E-state index in [4.69, 9.17) is 9.47 Å². The molecule has 0 heterocycles. The van der Waals surface area contributed by atoms with E-state index in [2.05, 4.69) is 24.3 Å². The molecule has 0 aromatic carbocycles. The summed E-state index contributed by atoms with van der Waals surface area (Å²) in [7, 11) is 6.05. The molecule has 0 aromatic rings. The van der Waals surface area contributed by atoms with Crippen LogP contribution >= 0.6 is 0 Å². The largest absolute Gasteiger partial charge is 0.382 e. The quantitative estimate of drug-likeness (QED) is 0.592. The molecule has 0 aliphatic heterocycles. The van der Waals surface area contributed by atoms with Gasteiger partial charge in [-0.3, -0.25) is 0 Å². The van der Waals surface area contributed by atoms with Gasteiger partial charge in [-0.05, 0) is 33.4 Å². The minimum Gasteiger partial charge on any atom is -0.382 e. The Balaban J connectivity index is 1.98. The zero-order chi connectivity index (χ0) is 11.9. The third-order valence-corrected chi connectivity index (χ3v) is 3.54. The highest BCUT2D eigenvalue weighted by Crippen LogP contribution is 2.35. The third kappa shape index (κ3) is 4.01. The van der Waals surface area contributed by atoms with E-state index in [0.717, 1.165) is 19.7 Å². The van der Waals surface area contributed by atoms with Crippen molar-refractivity contribution < 1.29 is 9.47 Å². The molecule has 0 bridgehead atoms. The predicted octanol–water partition coefficient (Wildman–Crippen LogP) is 0.723. The molecule has 1 saturated carbocycles. The van der Waals surface area contributed by atoms with Gasteiger partial charge >= 0.3 is 0 Å². The Kier molecular flexibility index (Phi) is 6.28. The van der Waals surface area contributed by atoms with Gasteiger partial charge in [0.05, 0.1) is 19.8 Å². The monoisotopic (exact) mass is 230 g/mol. The molecule has 0 atom stereocenters. The van der Waals surface area contributed by atoms with Crippen LogP contribution in [0.2, 0.25) is 0 Å². The normalized spacial score (nSPS) is 18.8. The van der Waals surface area contributed by atoms with Crippen LogP contribution in [0, 0.1) is 0 Å². The van der Waals surface area contributed by atoms with Crippen molar-refractivity contribution >= 4 is 0 Å². The maximum Gasteiger partial charge on any atom is 0.0700 e. The van der Waals surface area contributed by atoms with Crippen LogP contribution < -0.4 is 5.32 Å². The first-order valence-corrected chi connectivity index (χ1v) is 6.16. The number of ether oxygens (including phenoxy) is 2. The Labute approximate surface area is 99.3 Å². The fourth-order valence-corrected chi connectivity index (χ4v) is 2.08. The average Bonchev–Trinajstić information content (AvgIpc) is 2.19. The average molecular weight is 230 g/mol. The summed E-state index contributed by atoms with van der Waals surface area (Å²) in [6, 6.07) is 0. The van der Waals surface area contributed by atoms with E-state index in [1.807, 2.05) is 0 Å². The number of rotatable bonds is 9. The summed E-state index contributed by atoms with van der Waals surface area (Å²) in [6.45, 7) is 4.15. The minimum atomic E-state index is 0.409. The lowest BCUT2D eigenvalue weighted by molar-refractivity contribution is 0.0504. The predicted molar refractivity (Wildman–Crippen MR) is 65.8 cm³/mol. The fraction of sp³-hybridized carbons (Fsp3) is 1.00. The Bertz CT molecular complexity index is 182. The van der Waals surface area contributed by atoms with Crippen molar-refractivity contribution in [2.75, 3.05) is 54.1 Å². The number of hydrogen-bond acceptors (Lipinski definition) is 4. The summed E-state index contributed by atoms with van der Waals surface area (Å²) in [5, 5.41) is 3.48. The van der Waals surface area contributed by atoms with Crippen molar-refractivity contribution in [2.24, 2.45) is 0 Å². The van der Waals surface area contributed by atoms with E-state index in [1.165, 1.54) is 19.3 Å². The van der Waals surface area contributed by atoms with Crippen molar-refractivity contribution in [3.8, 4) is 0 Å². The second kappa shape index (κ2) is 7.22. The Morgan fingerprint density at radius 3 is 2.44 bits per heavy atom. The lowest BCUT2D eigenvalue weighted by atomic mass is 9.75. The molecule has 1 aliphatic rings. The number of methoxy groups -OCH3 is 1. The smallest absolute Gasteiger partial charge is 0.0700 e. The Morgan fingerprint density at radius 1 is 1.19 bits per heavy atom. The molecule has 1 rings (SSSR count). The number of hydrogen-bond donors (Lipinski definition) is 1. The molecule has 4 nitrogen and oxygen atoms in total. The van der Waals surface area contributed by atoms with Crippen LogP contribution in [0.25, 0.3) is 0 Å². The van der Waals surface area contributed by atoms with Gasteiger partial charge in [0.25, 0.3) is 0 Å². The second-order valence-electron chi connectivity index (χ2n) is 4.75. The lowest BCUT2D eigenvalue weighted by Crippen LogP contribution is -2.56. The molecule has 1 aliphatic carbocycles. The van der Waals surface area contributed by atoms with Gasteiger partial charge in [-0.1, -0.05) is 0 Å². The number of nitrogens with zero attached hydrogens (tertiary/aromatic N) is 1. The van der Waals surface area contributed by atoms with E-state index >= 15 is 0 Å². The zero-order valence-corrected chi connectivity index (χ0v) is 10.9. The Morgan fingerprint density at radius 2 is 1.94 bits per heavy atom. The molecule has 16 heavy (non-hydrogen) atoms. The first kappa shape index (κ1) is 13.9. The topological polar surface area (TPSA) is 33.7 Å². The molecule has 0 radical (unpaired) electrons. The number of likely N-dealkylation sites (N-methyl/N-ethyl adjacent to an activating group) is 1. The molecule has 0 spiro atoms. The first-order chi connectivity index (χ1) is 7.71. The molecule has 0 unspecified atom stereocenters. The molecule has 1 fully saturated rings. The second-order valence-corrected chi connectivity index (χ2v) is 4.75. The molecular formula is C12H26N2O2. The van der Waals surface area contributed by atoms with Crippen LogP contribution in [0.1, 0.15) is 19.3 Å². The van der Waals surface area contributed by atoms with Crippen LogP contribution in [-0.2, 0) is 9.47 Å². The minimum absolute atomic E-state index is 0.409. The molecular weight excluding hydrogens is 204 g/mol. The van der Waals surface area contributed by atoms with Gasteiger partial charge in [-0.2, -0.15) is 0 Å². The van der Waals surface area contributed by atoms with Crippen LogP contribution in [0.4, 0.5) is 0 Å². The third-order valence-electron chi connectivity index (χ3n) is 3.54. The van der Waals surface area contributed by atoms with Crippen molar-refractivity contribution in [2.45, 2.75) is 24.8 Å². The van der Waals surface area contributed by atoms with Crippen LogP contribution in [0.5, 0.6) is 0 Å². The van der Waals surface area contributed by atoms with Gasteiger partial charge < -0.3 is 19.7 Å². The zero-order valence-electron chi connectivity index (χ0n) is 10.9. The van der Waals surface area contributed by atoms with Crippen LogP contribution in [0.15, 0.2) is 0 Å². The molecule has 96 valence electrons. The summed E-state index contributed by atoms with van der Waals surface area (Å²) < 4.78 is 10.3. The van der Waals surface area contributed by atoms with Crippen molar-refractivity contribution in [1.82, 2.24) is 10.2 Å². The SMILES string of the molecule is COCCOCCNCC1(N(C)C)CCC1. The summed E-state index contributed by atoms with van der Waals surface area (Å²) >= 11 is 0. The lowest BCUT2D eigenvalue weighted by Gasteiger charge is -2.47. The maximum absolute atomic E-state index is 5.40. The maximum atomic E-state index is 5.40. The molecule has 0 aromatic heterocycles. The van der Waals surface area contributed by atoms with Gasteiger partial charge in [0.15, 0.2) is 0 Å². The van der Waals surface area contributed by atoms with Gasteiger partial charge in [0.1, 0.15) is 0 Å². The molecule has 0 saturated heterocycles.